The molecular weight excluding hydrogens is 286 g/mol. The molecule has 0 fully saturated rings. The first-order valence-corrected chi connectivity index (χ1v) is 7.23. The summed E-state index contributed by atoms with van der Waals surface area (Å²) in [6.45, 7) is 2.98. The van der Waals surface area contributed by atoms with E-state index in [-0.39, 0.29) is 0 Å². The average molecular weight is 306 g/mol. The van der Waals surface area contributed by atoms with Crippen molar-refractivity contribution < 1.29 is 9.47 Å². The van der Waals surface area contributed by atoms with Crippen LogP contribution in [0.15, 0.2) is 42.5 Å². The minimum atomic E-state index is 0.386. The van der Waals surface area contributed by atoms with Gasteiger partial charge < -0.3 is 14.8 Å². The molecule has 0 aliphatic heterocycles. The van der Waals surface area contributed by atoms with Crippen LogP contribution in [-0.2, 0) is 0 Å². The maximum absolute atomic E-state index is 6.17. The second kappa shape index (κ2) is 7.23. The molecule has 2 rings (SSSR count). The third kappa shape index (κ3) is 3.82. The first-order chi connectivity index (χ1) is 10.2. The SMILES string of the molecule is COc1cc(OC)c(NCC(C)c2ccccc2)cc1Cl. The predicted octanol–water partition coefficient (Wildman–Crippen LogP) is 4.57. The molecule has 2 aromatic carbocycles. The quantitative estimate of drug-likeness (QED) is 0.848. The number of rotatable bonds is 6. The largest absolute Gasteiger partial charge is 0.495 e. The van der Waals surface area contributed by atoms with Gasteiger partial charge in [0.25, 0.3) is 0 Å². The highest BCUT2D eigenvalue weighted by Gasteiger charge is 2.11. The zero-order valence-electron chi connectivity index (χ0n) is 12.5. The number of benzene rings is 2. The lowest BCUT2D eigenvalue weighted by molar-refractivity contribution is 0.395. The van der Waals surface area contributed by atoms with Gasteiger partial charge in [-0.2, -0.15) is 0 Å². The third-order valence-corrected chi connectivity index (χ3v) is 3.74. The van der Waals surface area contributed by atoms with Gasteiger partial charge in [0.15, 0.2) is 0 Å². The highest BCUT2D eigenvalue weighted by molar-refractivity contribution is 6.32. The normalized spacial score (nSPS) is 11.8. The van der Waals surface area contributed by atoms with Crippen LogP contribution in [0.3, 0.4) is 0 Å². The average Bonchev–Trinajstić information content (AvgIpc) is 2.53. The molecule has 3 nitrogen and oxygen atoms in total. The van der Waals surface area contributed by atoms with E-state index in [2.05, 4.69) is 36.5 Å². The second-order valence-electron chi connectivity index (χ2n) is 4.88. The Hall–Kier alpha value is -1.87. The van der Waals surface area contributed by atoms with Gasteiger partial charge in [-0.05, 0) is 17.5 Å². The smallest absolute Gasteiger partial charge is 0.145 e. The maximum atomic E-state index is 6.17. The number of halogens is 1. The Morgan fingerprint density at radius 3 is 2.33 bits per heavy atom. The molecule has 1 atom stereocenters. The molecule has 21 heavy (non-hydrogen) atoms. The lowest BCUT2D eigenvalue weighted by Crippen LogP contribution is -2.10. The molecule has 0 aromatic heterocycles. The van der Waals surface area contributed by atoms with Gasteiger partial charge >= 0.3 is 0 Å². The van der Waals surface area contributed by atoms with Crippen molar-refractivity contribution in [3.63, 3.8) is 0 Å². The van der Waals surface area contributed by atoms with E-state index in [1.807, 2.05) is 12.1 Å². The first-order valence-electron chi connectivity index (χ1n) is 6.86. The Labute approximate surface area is 130 Å². The van der Waals surface area contributed by atoms with Crippen LogP contribution < -0.4 is 14.8 Å². The van der Waals surface area contributed by atoms with Crippen molar-refractivity contribution in [1.29, 1.82) is 0 Å². The fourth-order valence-corrected chi connectivity index (χ4v) is 2.40. The molecule has 0 aliphatic rings. The van der Waals surface area contributed by atoms with Gasteiger partial charge in [-0.15, -0.1) is 0 Å². The van der Waals surface area contributed by atoms with Crippen LogP contribution in [0.2, 0.25) is 5.02 Å². The molecule has 0 aliphatic carbocycles. The predicted molar refractivity (Wildman–Crippen MR) is 87.9 cm³/mol. The summed E-state index contributed by atoms with van der Waals surface area (Å²) in [5.41, 5.74) is 2.16. The van der Waals surface area contributed by atoms with Crippen molar-refractivity contribution in [2.24, 2.45) is 0 Å². The zero-order valence-corrected chi connectivity index (χ0v) is 13.3. The van der Waals surface area contributed by atoms with Crippen LogP contribution in [-0.4, -0.2) is 20.8 Å². The standard InChI is InChI=1S/C17H20ClNO2/c1-12(13-7-5-4-6-8-13)11-19-15-9-14(18)16(20-2)10-17(15)21-3/h4-10,12,19H,11H2,1-3H3. The van der Waals surface area contributed by atoms with E-state index in [4.69, 9.17) is 21.1 Å². The lowest BCUT2D eigenvalue weighted by atomic mass is 10.0. The molecule has 0 heterocycles. The summed E-state index contributed by atoms with van der Waals surface area (Å²) in [4.78, 5) is 0. The maximum Gasteiger partial charge on any atom is 0.145 e. The summed E-state index contributed by atoms with van der Waals surface area (Å²) < 4.78 is 10.6. The first kappa shape index (κ1) is 15.5. The highest BCUT2D eigenvalue weighted by Crippen LogP contribution is 2.36. The highest BCUT2D eigenvalue weighted by atomic mass is 35.5. The van der Waals surface area contributed by atoms with Crippen molar-refractivity contribution >= 4 is 17.3 Å². The fourth-order valence-electron chi connectivity index (χ4n) is 2.16. The number of hydrogen-bond acceptors (Lipinski definition) is 3. The molecule has 0 amide bonds. The van der Waals surface area contributed by atoms with Gasteiger partial charge in [0.05, 0.1) is 24.9 Å². The summed E-state index contributed by atoms with van der Waals surface area (Å²) in [5, 5.41) is 3.95. The van der Waals surface area contributed by atoms with E-state index in [0.29, 0.717) is 16.7 Å². The Kier molecular flexibility index (Phi) is 5.34. The van der Waals surface area contributed by atoms with Crippen molar-refractivity contribution in [2.75, 3.05) is 26.1 Å². The molecule has 0 radical (unpaired) electrons. The van der Waals surface area contributed by atoms with Gasteiger partial charge in [-0.3, -0.25) is 0 Å². The Balaban J connectivity index is 2.11. The number of methoxy groups -OCH3 is 2. The Morgan fingerprint density at radius 1 is 1.05 bits per heavy atom. The van der Waals surface area contributed by atoms with E-state index in [9.17, 15) is 0 Å². The molecule has 0 saturated heterocycles. The van der Waals surface area contributed by atoms with Crippen LogP contribution in [0.1, 0.15) is 18.4 Å². The van der Waals surface area contributed by atoms with Crippen molar-refractivity contribution in [3.05, 3.63) is 53.1 Å². The number of ether oxygens (including phenoxy) is 2. The van der Waals surface area contributed by atoms with Crippen molar-refractivity contribution in [2.45, 2.75) is 12.8 Å². The third-order valence-electron chi connectivity index (χ3n) is 3.44. The van der Waals surface area contributed by atoms with Crippen LogP contribution >= 0.6 is 11.6 Å². The van der Waals surface area contributed by atoms with Gasteiger partial charge in [0.2, 0.25) is 0 Å². The van der Waals surface area contributed by atoms with Crippen LogP contribution in [0, 0.1) is 0 Å². The molecule has 0 bridgehead atoms. The Bertz CT molecular complexity index is 587. The van der Waals surface area contributed by atoms with E-state index >= 15 is 0 Å². The van der Waals surface area contributed by atoms with Gasteiger partial charge in [0.1, 0.15) is 11.5 Å². The molecule has 112 valence electrons. The van der Waals surface area contributed by atoms with Gasteiger partial charge in [0, 0.05) is 12.6 Å². The molecular formula is C17H20ClNO2. The summed E-state index contributed by atoms with van der Waals surface area (Å²) in [6.07, 6.45) is 0. The number of hydrogen-bond donors (Lipinski definition) is 1. The minimum Gasteiger partial charge on any atom is -0.495 e. The second-order valence-corrected chi connectivity index (χ2v) is 5.29. The topological polar surface area (TPSA) is 30.5 Å². The van der Waals surface area contributed by atoms with E-state index < -0.39 is 0 Å². The molecule has 2 aromatic rings. The molecule has 1 unspecified atom stereocenters. The van der Waals surface area contributed by atoms with Crippen LogP contribution in [0.25, 0.3) is 0 Å². The van der Waals surface area contributed by atoms with Gasteiger partial charge in [-0.25, -0.2) is 0 Å². The monoisotopic (exact) mass is 305 g/mol. The molecule has 0 saturated carbocycles. The van der Waals surface area contributed by atoms with Gasteiger partial charge in [-0.1, -0.05) is 48.9 Å². The van der Waals surface area contributed by atoms with Crippen molar-refractivity contribution in [1.82, 2.24) is 0 Å². The summed E-state index contributed by atoms with van der Waals surface area (Å²) in [5.74, 6) is 1.71. The lowest BCUT2D eigenvalue weighted by Gasteiger charge is -2.17. The summed E-state index contributed by atoms with van der Waals surface area (Å²) in [7, 11) is 3.22. The fraction of sp³-hybridized carbons (Fsp3) is 0.294. The van der Waals surface area contributed by atoms with E-state index in [1.54, 1.807) is 20.3 Å². The number of anilines is 1. The van der Waals surface area contributed by atoms with Crippen molar-refractivity contribution in [3.8, 4) is 11.5 Å². The summed E-state index contributed by atoms with van der Waals surface area (Å²) in [6, 6.07) is 14.0. The molecule has 1 N–H and O–H groups in total. The van der Waals surface area contributed by atoms with Crippen LogP contribution in [0.5, 0.6) is 11.5 Å². The number of nitrogens with one attached hydrogen (secondary N) is 1. The van der Waals surface area contributed by atoms with Crippen LogP contribution in [0.4, 0.5) is 5.69 Å². The van der Waals surface area contributed by atoms with E-state index in [1.165, 1.54) is 5.56 Å². The minimum absolute atomic E-state index is 0.386. The summed E-state index contributed by atoms with van der Waals surface area (Å²) >= 11 is 6.17. The Morgan fingerprint density at radius 2 is 1.71 bits per heavy atom. The molecule has 4 heteroatoms. The molecule has 0 spiro atoms. The zero-order chi connectivity index (χ0) is 15.2. The van der Waals surface area contributed by atoms with E-state index in [0.717, 1.165) is 18.0 Å².